The van der Waals surface area contributed by atoms with Crippen molar-refractivity contribution in [2.24, 2.45) is 0 Å². The van der Waals surface area contributed by atoms with Gasteiger partial charge in [0.15, 0.2) is 5.78 Å². The van der Waals surface area contributed by atoms with Crippen molar-refractivity contribution >= 4 is 134 Å². The van der Waals surface area contributed by atoms with Gasteiger partial charge >= 0.3 is 12.1 Å². The number of aliphatic hydroxyl groups is 1. The lowest BCUT2D eigenvalue weighted by Crippen LogP contribution is -2.51. The molecule has 0 bridgehead atoms. The number of carboxylic acids is 1. The van der Waals surface area contributed by atoms with Crippen LogP contribution in [0.1, 0.15) is 98.1 Å². The van der Waals surface area contributed by atoms with Crippen molar-refractivity contribution in [3.8, 4) is 28.7 Å². The first-order valence-corrected chi connectivity index (χ1v) is 30.4. The molecule has 450 valence electrons. The van der Waals surface area contributed by atoms with Crippen LogP contribution in [0.15, 0.2) is 66.7 Å². The zero-order valence-corrected chi connectivity index (χ0v) is 53.1. The summed E-state index contributed by atoms with van der Waals surface area (Å²) in [6.07, 6.45) is 2.13. The smallest absolute Gasteiger partial charge is 0.410 e. The highest BCUT2D eigenvalue weighted by Crippen LogP contribution is 2.46. The van der Waals surface area contributed by atoms with Gasteiger partial charge in [-0.05, 0) is 63.2 Å². The van der Waals surface area contributed by atoms with E-state index in [0.717, 1.165) is 69.0 Å². The molecule has 0 saturated carbocycles. The molecule has 0 spiro atoms. The van der Waals surface area contributed by atoms with Gasteiger partial charge in [-0.2, -0.15) is 0 Å². The number of hydrogen-bond acceptors (Lipinski definition) is 13. The van der Waals surface area contributed by atoms with Crippen LogP contribution in [0.5, 0.6) is 28.7 Å². The Morgan fingerprint density at radius 2 is 1.04 bits per heavy atom. The highest BCUT2D eigenvalue weighted by atomic mass is 35.5. The summed E-state index contributed by atoms with van der Waals surface area (Å²) in [6, 6.07) is 20.0. The number of aliphatic hydroxyl groups excluding tert-OH is 1. The second-order valence-corrected chi connectivity index (χ2v) is 24.3. The minimum Gasteiger partial charge on any atom is -0.492 e. The van der Waals surface area contributed by atoms with E-state index >= 15 is 0 Å². The average molecular weight is 1350 g/mol. The molecule has 1 amide bonds. The molecule has 15 nitrogen and oxygen atoms in total. The van der Waals surface area contributed by atoms with Crippen LogP contribution in [-0.4, -0.2) is 134 Å². The number of halogens is 10. The number of hydrogen-bond donors (Lipinski definition) is 3. The SMILES string of the molecule is CC(C)(C)OC(=O)N1CCN(C2CCOc3c2ccc(Cl)c3Cl)CC1.Clc1ccc2c(c1Cl)OCCC2N1CCNCC1.O=C(O)CCOc1cccc(Cl)c1Cl.O=C1CCOc2c1ccc(Cl)c2Cl.OC1CCOc2c1ccc(Cl)c2Cl. The van der Waals surface area contributed by atoms with Gasteiger partial charge in [-0.3, -0.25) is 19.4 Å². The minimum atomic E-state index is -0.914. The summed E-state index contributed by atoms with van der Waals surface area (Å²) in [5, 5.41) is 25.7. The van der Waals surface area contributed by atoms with E-state index in [1.54, 1.807) is 47.4 Å². The molecule has 3 N–H and O–H groups in total. The Hall–Kier alpha value is -3.75. The van der Waals surface area contributed by atoms with Crippen molar-refractivity contribution in [2.75, 3.05) is 85.4 Å². The normalized spacial score (nSPS) is 19.0. The molecule has 0 aromatic heterocycles. The summed E-state index contributed by atoms with van der Waals surface area (Å²) >= 11 is 59.5. The van der Waals surface area contributed by atoms with Gasteiger partial charge in [-0.1, -0.05) is 140 Å². The Morgan fingerprint density at radius 3 is 1.57 bits per heavy atom. The molecule has 6 aliphatic rings. The summed E-state index contributed by atoms with van der Waals surface area (Å²) in [6.45, 7) is 15.1. The number of carboxylic acid groups (broad SMARTS) is 1. The lowest BCUT2D eigenvalue weighted by Gasteiger charge is -2.41. The summed E-state index contributed by atoms with van der Waals surface area (Å²) in [5.74, 6) is 1.96. The topological polar surface area (TPSA) is 169 Å². The van der Waals surface area contributed by atoms with Crippen LogP contribution in [0.3, 0.4) is 0 Å². The Bertz CT molecular complexity index is 3090. The van der Waals surface area contributed by atoms with Crippen LogP contribution >= 0.6 is 116 Å². The number of nitrogens with zero attached hydrogens (tertiary/aromatic N) is 3. The lowest BCUT2D eigenvalue weighted by atomic mass is 9.98. The van der Waals surface area contributed by atoms with E-state index < -0.39 is 17.7 Å². The molecule has 3 unspecified atom stereocenters. The van der Waals surface area contributed by atoms with Gasteiger partial charge in [-0.15, -0.1) is 0 Å². The zero-order chi connectivity index (χ0) is 60.1. The summed E-state index contributed by atoms with van der Waals surface area (Å²) in [5.41, 5.74) is 3.04. The molecule has 2 fully saturated rings. The predicted molar refractivity (Wildman–Crippen MR) is 329 cm³/mol. The Balaban J connectivity index is 0.000000153. The number of amides is 1. The molecule has 0 aliphatic carbocycles. The number of ketones is 1. The second kappa shape index (κ2) is 31.2. The zero-order valence-electron chi connectivity index (χ0n) is 45.5. The van der Waals surface area contributed by atoms with Gasteiger partial charge in [0, 0.05) is 107 Å². The summed E-state index contributed by atoms with van der Waals surface area (Å²) < 4.78 is 32.6. The molecule has 3 atom stereocenters. The van der Waals surface area contributed by atoms with E-state index in [4.69, 9.17) is 150 Å². The third-order valence-corrected chi connectivity index (χ3v) is 17.6. The van der Waals surface area contributed by atoms with Crippen LogP contribution in [0, 0.1) is 0 Å². The first kappa shape index (κ1) is 66.8. The number of nitrogens with one attached hydrogen (secondary N) is 1. The fourth-order valence-corrected chi connectivity index (χ4v) is 11.4. The van der Waals surface area contributed by atoms with E-state index in [0.29, 0.717) is 137 Å². The maximum Gasteiger partial charge on any atom is 0.410 e. The third kappa shape index (κ3) is 17.9. The number of benzene rings is 5. The number of carbonyl (C=O) groups excluding carboxylic acids is 2. The van der Waals surface area contributed by atoms with Crippen molar-refractivity contribution in [1.29, 1.82) is 0 Å². The van der Waals surface area contributed by atoms with Crippen LogP contribution < -0.4 is 29.0 Å². The Morgan fingerprint density at radius 1 is 0.578 bits per heavy atom. The number of Topliss-reactive ketones (excluding diaryl/α,β-unsaturated/α-hetero) is 1. The van der Waals surface area contributed by atoms with Crippen LogP contribution in [0.25, 0.3) is 0 Å². The molecule has 25 heteroatoms. The number of fused-ring (bicyclic) bond motifs is 4. The highest BCUT2D eigenvalue weighted by Gasteiger charge is 2.34. The van der Waals surface area contributed by atoms with Crippen molar-refractivity contribution in [3.05, 3.63) is 139 Å². The maximum absolute atomic E-state index is 12.2. The predicted octanol–water partition coefficient (Wildman–Crippen LogP) is 15.7. The van der Waals surface area contributed by atoms with Gasteiger partial charge in [-0.25, -0.2) is 4.79 Å². The quantitative estimate of drug-likeness (QED) is 0.147. The second-order valence-electron chi connectivity index (χ2n) is 20.4. The molecular weight excluding hydrogens is 1280 g/mol. The molecule has 6 heterocycles. The lowest BCUT2D eigenvalue weighted by molar-refractivity contribution is -0.137. The summed E-state index contributed by atoms with van der Waals surface area (Å²) in [4.78, 5) is 40.4. The van der Waals surface area contributed by atoms with Crippen LogP contribution in [-0.2, 0) is 9.53 Å². The number of rotatable bonds is 6. The molecule has 5 aromatic rings. The molecule has 11 rings (SSSR count). The first-order chi connectivity index (χ1) is 39.5. The van der Waals surface area contributed by atoms with E-state index in [1.807, 2.05) is 39.0 Å². The number of aliphatic carboxylic acids is 1. The fraction of sp³-hybridized carbons (Fsp3) is 0.431. The van der Waals surface area contributed by atoms with Crippen molar-refractivity contribution in [3.63, 3.8) is 0 Å². The average Bonchev–Trinajstić information content (AvgIpc) is 3.53. The maximum atomic E-state index is 12.2. The van der Waals surface area contributed by atoms with E-state index in [1.165, 1.54) is 5.56 Å². The highest BCUT2D eigenvalue weighted by molar-refractivity contribution is 6.45. The van der Waals surface area contributed by atoms with Crippen LogP contribution in [0.4, 0.5) is 4.79 Å². The van der Waals surface area contributed by atoms with E-state index in [9.17, 15) is 19.5 Å². The molecule has 5 aromatic carbocycles. The molecule has 0 radical (unpaired) electrons. The minimum absolute atomic E-state index is 0.0554. The monoisotopic (exact) mass is 1340 g/mol. The largest absolute Gasteiger partial charge is 0.492 e. The number of piperazine rings is 2. The molecule has 2 saturated heterocycles. The number of ether oxygens (including phenoxy) is 6. The van der Waals surface area contributed by atoms with Gasteiger partial charge in [0.1, 0.15) is 59.5 Å². The third-order valence-electron chi connectivity index (χ3n) is 13.6. The first-order valence-electron chi connectivity index (χ1n) is 26.6. The van der Waals surface area contributed by atoms with Gasteiger partial charge in [0.25, 0.3) is 0 Å². The van der Waals surface area contributed by atoms with Crippen molar-refractivity contribution in [1.82, 2.24) is 20.0 Å². The standard InChI is InChI=1S/C18H24Cl2N2O3.C13H16Cl2N2O.C9H8Cl2O3.C9H8Cl2O2.C9H6Cl2O2/c1-18(2,3)25-17(23)22-9-7-21(8-10-22)14-6-11-24-16-12(14)4-5-13(19)15(16)20;14-10-2-1-9-11(17-6-4-16-5-7-17)3-8-18-13(9)12(10)15;10-6-2-1-3-7(9(6)11)14-5-4-8(12)13;2*10-6-2-1-5-7(12)3-4-13-9(5)8(6)11/h4-5,14H,6-11H2,1-3H3;1-2,11,16H,3-8H2;1-3H,4-5H2,(H,12,13);1-2,7,12H,3-4H2;1-2H,3-4H2. The van der Waals surface area contributed by atoms with Crippen LogP contribution in [0.2, 0.25) is 50.2 Å². The Labute approximate surface area is 532 Å². The van der Waals surface area contributed by atoms with Gasteiger partial charge in [0.05, 0.1) is 76.2 Å². The molecule has 6 aliphatic heterocycles. The summed E-state index contributed by atoms with van der Waals surface area (Å²) in [7, 11) is 0. The molecule has 83 heavy (non-hydrogen) atoms. The van der Waals surface area contributed by atoms with Gasteiger partial charge in [0.2, 0.25) is 0 Å². The fourth-order valence-electron chi connectivity index (χ4n) is 9.56. The Kier molecular flexibility index (Phi) is 25.1. The van der Waals surface area contributed by atoms with Gasteiger partial charge < -0.3 is 48.9 Å². The van der Waals surface area contributed by atoms with Crippen molar-refractivity contribution < 1.29 is 53.0 Å². The van der Waals surface area contributed by atoms with E-state index in [-0.39, 0.29) is 30.9 Å². The number of carbonyl (C=O) groups is 3. The van der Waals surface area contributed by atoms with Crippen molar-refractivity contribution in [2.45, 2.75) is 76.7 Å². The molecular formula is C58H62Cl10N4O11. The van der Waals surface area contributed by atoms with E-state index in [2.05, 4.69) is 21.2 Å².